The fourth-order valence-corrected chi connectivity index (χ4v) is 6.62. The van der Waals surface area contributed by atoms with Crippen molar-refractivity contribution in [1.82, 2.24) is 0 Å². The second kappa shape index (κ2) is 5.04. The molecule has 0 bridgehead atoms. The number of rotatable bonds is 0. The maximum Gasteiger partial charge on any atom is 0.0855 e. The van der Waals surface area contributed by atoms with Gasteiger partial charge in [0.25, 0.3) is 0 Å². The average Bonchev–Trinajstić information content (AvgIpc) is 2.73. The van der Waals surface area contributed by atoms with Crippen LogP contribution in [0, 0.1) is 28.6 Å². The van der Waals surface area contributed by atoms with E-state index < -0.39 is 18.3 Å². The van der Waals surface area contributed by atoms with Crippen molar-refractivity contribution in [3.8, 4) is 0 Å². The molecule has 4 heteroatoms. The molecule has 0 aromatic heterocycles. The Balaban J connectivity index is 1.73. The van der Waals surface area contributed by atoms with Crippen molar-refractivity contribution in [2.75, 3.05) is 0 Å². The maximum absolute atomic E-state index is 10.9. The molecule has 130 valence electrons. The van der Waals surface area contributed by atoms with E-state index in [1.54, 1.807) is 0 Å². The number of hydrogen-bond donors (Lipinski definition) is 4. The van der Waals surface area contributed by atoms with Crippen LogP contribution in [0.25, 0.3) is 0 Å². The van der Waals surface area contributed by atoms with E-state index in [1.807, 2.05) is 6.08 Å². The van der Waals surface area contributed by atoms with Crippen molar-refractivity contribution < 1.29 is 20.4 Å². The van der Waals surface area contributed by atoms with Crippen LogP contribution in [0.5, 0.6) is 0 Å². The van der Waals surface area contributed by atoms with Crippen LogP contribution >= 0.6 is 0 Å². The van der Waals surface area contributed by atoms with Gasteiger partial charge in [0, 0.05) is 0 Å². The first kappa shape index (κ1) is 16.1. The lowest BCUT2D eigenvalue weighted by Crippen LogP contribution is -2.55. The van der Waals surface area contributed by atoms with E-state index >= 15 is 0 Å². The van der Waals surface area contributed by atoms with Crippen molar-refractivity contribution in [3.63, 3.8) is 0 Å². The molecule has 0 amide bonds. The molecule has 0 aromatic carbocycles. The summed E-state index contributed by atoms with van der Waals surface area (Å²) in [6.07, 6.45) is 4.85. The lowest BCUT2D eigenvalue weighted by atomic mass is 9.47. The van der Waals surface area contributed by atoms with Crippen LogP contribution in [0.1, 0.15) is 52.4 Å². The monoisotopic (exact) mass is 322 g/mol. The van der Waals surface area contributed by atoms with Crippen molar-refractivity contribution in [3.05, 3.63) is 11.6 Å². The van der Waals surface area contributed by atoms with Crippen molar-refractivity contribution in [2.24, 2.45) is 28.6 Å². The molecule has 3 fully saturated rings. The summed E-state index contributed by atoms with van der Waals surface area (Å²) >= 11 is 0. The molecule has 0 spiro atoms. The Labute approximate surface area is 138 Å². The minimum atomic E-state index is -0.674. The number of aliphatic hydroxyl groups excluding tert-OH is 4. The van der Waals surface area contributed by atoms with Crippen LogP contribution in [0.4, 0.5) is 0 Å². The molecule has 0 heterocycles. The summed E-state index contributed by atoms with van der Waals surface area (Å²) < 4.78 is 0. The Morgan fingerprint density at radius 2 is 1.74 bits per heavy atom. The van der Waals surface area contributed by atoms with Gasteiger partial charge in [-0.05, 0) is 67.1 Å². The number of aliphatic hydroxyl groups is 4. The topological polar surface area (TPSA) is 80.9 Å². The van der Waals surface area contributed by atoms with E-state index in [0.717, 1.165) is 25.7 Å². The van der Waals surface area contributed by atoms with Crippen molar-refractivity contribution in [1.29, 1.82) is 0 Å². The zero-order valence-electron chi connectivity index (χ0n) is 14.2. The summed E-state index contributed by atoms with van der Waals surface area (Å²) in [6, 6.07) is 0. The Morgan fingerprint density at radius 3 is 2.48 bits per heavy atom. The SMILES string of the molecule is C[C@]12CC[C@H]3[C@@H]([C@H](O)C=C4C[C@@H](O)CC[C@@]43C)[C@@H]1C[C@@H](O)[C@@H]2O. The predicted octanol–water partition coefficient (Wildman–Crippen LogP) is 1.61. The van der Waals surface area contributed by atoms with Crippen LogP contribution in [0.2, 0.25) is 0 Å². The zero-order chi connectivity index (χ0) is 16.6. The fourth-order valence-electron chi connectivity index (χ4n) is 6.62. The summed E-state index contributed by atoms with van der Waals surface area (Å²) in [4.78, 5) is 0. The summed E-state index contributed by atoms with van der Waals surface area (Å²) in [5.41, 5.74) is 1.01. The first-order valence-electron chi connectivity index (χ1n) is 9.21. The molecule has 9 atom stereocenters. The van der Waals surface area contributed by atoms with Crippen LogP contribution in [0.3, 0.4) is 0 Å². The standard InChI is InChI=1S/C19H30O4/c1-18-5-3-11(20)7-10(18)8-14(21)16-12(18)4-6-19(2)13(16)9-15(22)17(19)23/h8,11-17,20-23H,3-7,9H2,1-2H3/t11-,12-,13-,14+,15+,16+,17-,18-,19-/m0/s1. The van der Waals surface area contributed by atoms with Crippen molar-refractivity contribution in [2.45, 2.75) is 76.8 Å². The van der Waals surface area contributed by atoms with Gasteiger partial charge in [-0.2, -0.15) is 0 Å². The van der Waals surface area contributed by atoms with Gasteiger partial charge in [-0.15, -0.1) is 0 Å². The van der Waals surface area contributed by atoms with Gasteiger partial charge in [-0.25, -0.2) is 0 Å². The Bertz CT molecular complexity index is 531. The fraction of sp³-hybridized carbons (Fsp3) is 0.895. The highest BCUT2D eigenvalue weighted by Crippen LogP contribution is 2.64. The maximum atomic E-state index is 10.9. The largest absolute Gasteiger partial charge is 0.393 e. The predicted molar refractivity (Wildman–Crippen MR) is 86.5 cm³/mol. The summed E-state index contributed by atoms with van der Waals surface area (Å²) in [5.74, 6) is 0.674. The molecule has 23 heavy (non-hydrogen) atoms. The molecule has 4 N–H and O–H groups in total. The molecule has 0 aliphatic heterocycles. The highest BCUT2D eigenvalue weighted by Gasteiger charge is 2.62. The minimum absolute atomic E-state index is 0.0585. The zero-order valence-corrected chi connectivity index (χ0v) is 14.2. The molecule has 3 saturated carbocycles. The molecular formula is C19H30O4. The third-order valence-corrected chi connectivity index (χ3v) is 8.08. The lowest BCUT2D eigenvalue weighted by molar-refractivity contribution is -0.110. The molecule has 0 saturated heterocycles. The quantitative estimate of drug-likeness (QED) is 0.511. The molecule has 0 aromatic rings. The van der Waals surface area contributed by atoms with Gasteiger partial charge in [0.1, 0.15) is 0 Å². The van der Waals surface area contributed by atoms with Crippen LogP contribution in [-0.4, -0.2) is 44.8 Å². The molecule has 4 rings (SSSR count). The van der Waals surface area contributed by atoms with Crippen molar-refractivity contribution >= 4 is 0 Å². The third-order valence-electron chi connectivity index (χ3n) is 8.08. The summed E-state index contributed by atoms with van der Waals surface area (Å²) in [6.45, 7) is 4.40. The highest BCUT2D eigenvalue weighted by molar-refractivity contribution is 5.28. The number of fused-ring (bicyclic) bond motifs is 5. The highest BCUT2D eigenvalue weighted by atomic mass is 16.3. The summed E-state index contributed by atoms with van der Waals surface area (Å²) in [5, 5.41) is 41.6. The minimum Gasteiger partial charge on any atom is -0.393 e. The summed E-state index contributed by atoms with van der Waals surface area (Å²) in [7, 11) is 0. The molecule has 0 radical (unpaired) electrons. The van der Waals surface area contributed by atoms with E-state index in [-0.39, 0.29) is 28.8 Å². The Morgan fingerprint density at radius 1 is 1.00 bits per heavy atom. The second-order valence-electron chi connectivity index (χ2n) is 9.08. The molecule has 4 nitrogen and oxygen atoms in total. The number of hydrogen-bond acceptors (Lipinski definition) is 4. The Kier molecular flexibility index (Phi) is 3.52. The van der Waals surface area contributed by atoms with E-state index in [1.165, 1.54) is 5.57 Å². The van der Waals surface area contributed by atoms with E-state index in [9.17, 15) is 20.4 Å². The first-order valence-corrected chi connectivity index (χ1v) is 9.21. The third kappa shape index (κ3) is 2.05. The van der Waals surface area contributed by atoms with Crippen LogP contribution < -0.4 is 0 Å². The molecule has 4 aliphatic rings. The normalized spacial score (nSPS) is 58.9. The van der Waals surface area contributed by atoms with Gasteiger partial charge >= 0.3 is 0 Å². The first-order chi connectivity index (χ1) is 10.8. The molecular weight excluding hydrogens is 292 g/mol. The Hall–Kier alpha value is -0.420. The lowest BCUT2D eigenvalue weighted by Gasteiger charge is -2.58. The van der Waals surface area contributed by atoms with Gasteiger partial charge in [-0.1, -0.05) is 25.5 Å². The van der Waals surface area contributed by atoms with E-state index in [2.05, 4.69) is 13.8 Å². The van der Waals surface area contributed by atoms with E-state index in [4.69, 9.17) is 0 Å². The van der Waals surface area contributed by atoms with Gasteiger partial charge < -0.3 is 20.4 Å². The molecule has 4 aliphatic carbocycles. The van der Waals surface area contributed by atoms with Crippen LogP contribution in [0.15, 0.2) is 11.6 Å². The second-order valence-corrected chi connectivity index (χ2v) is 9.08. The van der Waals surface area contributed by atoms with Gasteiger partial charge in [-0.3, -0.25) is 0 Å². The van der Waals surface area contributed by atoms with Gasteiger partial charge in [0.2, 0.25) is 0 Å². The van der Waals surface area contributed by atoms with Gasteiger partial charge in [0.15, 0.2) is 0 Å². The van der Waals surface area contributed by atoms with E-state index in [0.29, 0.717) is 18.8 Å². The average molecular weight is 322 g/mol. The van der Waals surface area contributed by atoms with Gasteiger partial charge in [0.05, 0.1) is 24.4 Å². The molecule has 0 unspecified atom stereocenters. The smallest absolute Gasteiger partial charge is 0.0855 e. The van der Waals surface area contributed by atoms with Crippen LogP contribution in [-0.2, 0) is 0 Å².